The molecular formula is C15H21F3N2O2. The lowest BCUT2D eigenvalue weighted by Gasteiger charge is -2.25. The Balaban J connectivity index is 2.56. The first-order chi connectivity index (χ1) is 9.97. The van der Waals surface area contributed by atoms with E-state index in [0.29, 0.717) is 0 Å². The predicted molar refractivity (Wildman–Crippen MR) is 78.7 cm³/mol. The van der Waals surface area contributed by atoms with Crippen molar-refractivity contribution in [1.29, 1.82) is 0 Å². The van der Waals surface area contributed by atoms with Gasteiger partial charge in [0.05, 0.1) is 12.5 Å². The topological polar surface area (TPSA) is 61.4 Å². The van der Waals surface area contributed by atoms with Crippen molar-refractivity contribution in [3.05, 3.63) is 29.8 Å². The highest BCUT2D eigenvalue weighted by Crippen LogP contribution is 2.23. The molecule has 7 heteroatoms. The number of hydrogen-bond donors (Lipinski definition) is 3. The van der Waals surface area contributed by atoms with Crippen molar-refractivity contribution >= 4 is 11.7 Å². The Morgan fingerprint density at radius 2 is 1.91 bits per heavy atom. The van der Waals surface area contributed by atoms with E-state index in [1.807, 2.05) is 20.8 Å². The monoisotopic (exact) mass is 318 g/mol. The van der Waals surface area contributed by atoms with Crippen molar-refractivity contribution in [2.24, 2.45) is 5.41 Å². The molecule has 0 aliphatic carbocycles. The fourth-order valence-electron chi connectivity index (χ4n) is 1.66. The highest BCUT2D eigenvalue weighted by Gasteiger charge is 2.27. The highest BCUT2D eigenvalue weighted by molar-refractivity contribution is 5.89. The third-order valence-electron chi connectivity index (χ3n) is 3.05. The second-order valence-electron chi connectivity index (χ2n) is 6.21. The van der Waals surface area contributed by atoms with E-state index in [-0.39, 0.29) is 23.2 Å². The van der Waals surface area contributed by atoms with Gasteiger partial charge in [0.1, 0.15) is 0 Å². The van der Waals surface area contributed by atoms with Gasteiger partial charge in [-0.3, -0.25) is 0 Å². The van der Waals surface area contributed by atoms with Gasteiger partial charge in [0.2, 0.25) is 0 Å². The molecule has 22 heavy (non-hydrogen) atoms. The highest BCUT2D eigenvalue weighted by atomic mass is 19.4. The minimum Gasteiger partial charge on any atom is -0.391 e. The Bertz CT molecular complexity index is 510. The molecule has 2 amide bonds. The number of urea groups is 1. The number of carbonyl (C=O) groups excluding carboxylic acids is 1. The van der Waals surface area contributed by atoms with Crippen molar-refractivity contribution in [1.82, 2.24) is 5.32 Å². The van der Waals surface area contributed by atoms with E-state index in [4.69, 9.17) is 0 Å². The fourth-order valence-corrected chi connectivity index (χ4v) is 1.66. The molecule has 1 rings (SSSR count). The Labute approximate surface area is 127 Å². The largest absolute Gasteiger partial charge is 0.393 e. The zero-order valence-electron chi connectivity index (χ0n) is 12.8. The molecule has 0 radical (unpaired) electrons. The summed E-state index contributed by atoms with van der Waals surface area (Å²) in [5, 5.41) is 14.7. The number of amides is 2. The van der Waals surface area contributed by atoms with Gasteiger partial charge >= 0.3 is 12.2 Å². The van der Waals surface area contributed by atoms with E-state index in [2.05, 4.69) is 10.6 Å². The molecule has 0 aromatic heterocycles. The summed E-state index contributed by atoms with van der Waals surface area (Å²) in [6, 6.07) is 4.99. The molecule has 0 aliphatic rings. The molecule has 0 aliphatic heterocycles. The average Bonchev–Trinajstić information content (AvgIpc) is 2.33. The van der Waals surface area contributed by atoms with Gasteiger partial charge in [0.25, 0.3) is 0 Å². The molecule has 1 aromatic rings. The number of halogens is 3. The Hall–Kier alpha value is -1.76. The molecule has 0 saturated heterocycles. The lowest BCUT2D eigenvalue weighted by molar-refractivity contribution is -0.127. The molecule has 0 fully saturated rings. The predicted octanol–water partition coefficient (Wildman–Crippen LogP) is 3.32. The summed E-state index contributed by atoms with van der Waals surface area (Å²) in [6.45, 7) is 5.55. The smallest absolute Gasteiger partial charge is 0.391 e. The van der Waals surface area contributed by atoms with E-state index in [9.17, 15) is 23.1 Å². The normalized spacial score (nSPS) is 13.6. The molecule has 3 N–H and O–H groups in total. The van der Waals surface area contributed by atoms with E-state index < -0.39 is 24.7 Å². The summed E-state index contributed by atoms with van der Waals surface area (Å²) in [4.78, 5) is 11.7. The number of nitrogens with one attached hydrogen (secondary N) is 2. The van der Waals surface area contributed by atoms with Crippen LogP contribution >= 0.6 is 0 Å². The van der Waals surface area contributed by atoms with Gasteiger partial charge in [-0.2, -0.15) is 13.2 Å². The third kappa shape index (κ3) is 6.80. The van der Waals surface area contributed by atoms with Crippen LogP contribution in [-0.2, 0) is 6.42 Å². The number of anilines is 1. The van der Waals surface area contributed by atoms with Crippen LogP contribution < -0.4 is 10.6 Å². The zero-order chi connectivity index (χ0) is 17.0. The van der Waals surface area contributed by atoms with Gasteiger partial charge in [-0.1, -0.05) is 32.9 Å². The van der Waals surface area contributed by atoms with E-state index in [1.165, 1.54) is 24.3 Å². The van der Waals surface area contributed by atoms with Crippen molar-refractivity contribution in [2.75, 3.05) is 11.9 Å². The van der Waals surface area contributed by atoms with Gasteiger partial charge in [-0.25, -0.2) is 4.79 Å². The van der Waals surface area contributed by atoms with Gasteiger partial charge < -0.3 is 15.7 Å². The number of aliphatic hydroxyl groups excluding tert-OH is 1. The lowest BCUT2D eigenvalue weighted by atomic mass is 9.89. The van der Waals surface area contributed by atoms with Crippen LogP contribution in [0.3, 0.4) is 0 Å². The molecular weight excluding hydrogens is 297 g/mol. The van der Waals surface area contributed by atoms with E-state index >= 15 is 0 Å². The van der Waals surface area contributed by atoms with Crippen LogP contribution in [0.25, 0.3) is 0 Å². The van der Waals surface area contributed by atoms with Crippen LogP contribution in [0.1, 0.15) is 26.3 Å². The molecule has 0 heterocycles. The Morgan fingerprint density at radius 1 is 1.27 bits per heavy atom. The summed E-state index contributed by atoms with van der Waals surface area (Å²) in [5.41, 5.74) is -0.0376. The number of alkyl halides is 3. The molecule has 124 valence electrons. The van der Waals surface area contributed by atoms with Crippen molar-refractivity contribution in [3.8, 4) is 0 Å². The lowest BCUT2D eigenvalue weighted by Crippen LogP contribution is -2.40. The van der Waals surface area contributed by atoms with Gasteiger partial charge in [-0.15, -0.1) is 0 Å². The Morgan fingerprint density at radius 3 is 2.45 bits per heavy atom. The molecule has 0 saturated carbocycles. The first-order valence-electron chi connectivity index (χ1n) is 6.86. The molecule has 1 unspecified atom stereocenters. The van der Waals surface area contributed by atoms with Crippen LogP contribution in [-0.4, -0.2) is 30.0 Å². The summed E-state index contributed by atoms with van der Waals surface area (Å²) < 4.78 is 37.0. The second-order valence-corrected chi connectivity index (χ2v) is 6.21. The summed E-state index contributed by atoms with van der Waals surface area (Å²) in [6.07, 6.45) is -6.07. The summed E-state index contributed by atoms with van der Waals surface area (Å²) in [5.74, 6) is 0. The first kappa shape index (κ1) is 18.3. The van der Waals surface area contributed by atoms with Crippen LogP contribution in [0.2, 0.25) is 0 Å². The maximum absolute atomic E-state index is 12.3. The standard InChI is InChI=1S/C15H21F3N2O2/c1-14(2,3)12(21)9-19-13(22)20-11-6-4-5-10(7-11)8-15(16,17)18/h4-7,12,21H,8-9H2,1-3H3,(H2,19,20,22). The van der Waals surface area contributed by atoms with E-state index in [1.54, 1.807) is 0 Å². The SMILES string of the molecule is CC(C)(C)C(O)CNC(=O)Nc1cccc(CC(F)(F)F)c1. The van der Waals surface area contributed by atoms with Crippen LogP contribution in [0.4, 0.5) is 23.7 Å². The number of rotatable bonds is 4. The zero-order valence-corrected chi connectivity index (χ0v) is 12.8. The second kappa shape index (κ2) is 7.00. The van der Waals surface area contributed by atoms with Gasteiger partial charge in [0.15, 0.2) is 0 Å². The minimum atomic E-state index is -4.29. The van der Waals surface area contributed by atoms with Crippen molar-refractivity contribution < 1.29 is 23.1 Å². The fraction of sp³-hybridized carbons (Fsp3) is 0.533. The maximum atomic E-state index is 12.3. The maximum Gasteiger partial charge on any atom is 0.393 e. The van der Waals surface area contributed by atoms with Gasteiger partial charge in [0, 0.05) is 12.2 Å². The van der Waals surface area contributed by atoms with Crippen molar-refractivity contribution in [2.45, 2.75) is 39.5 Å². The van der Waals surface area contributed by atoms with Crippen LogP contribution in [0.15, 0.2) is 24.3 Å². The number of aliphatic hydroxyl groups is 1. The number of hydrogen-bond acceptors (Lipinski definition) is 2. The van der Waals surface area contributed by atoms with Crippen LogP contribution in [0.5, 0.6) is 0 Å². The van der Waals surface area contributed by atoms with E-state index in [0.717, 1.165) is 0 Å². The molecule has 0 spiro atoms. The number of carbonyl (C=O) groups is 1. The quantitative estimate of drug-likeness (QED) is 0.797. The first-order valence-corrected chi connectivity index (χ1v) is 6.86. The molecule has 1 aromatic carbocycles. The molecule has 0 bridgehead atoms. The van der Waals surface area contributed by atoms with Crippen molar-refractivity contribution in [3.63, 3.8) is 0 Å². The minimum absolute atomic E-state index is 0.0531. The number of benzene rings is 1. The van der Waals surface area contributed by atoms with Gasteiger partial charge in [-0.05, 0) is 23.1 Å². The average molecular weight is 318 g/mol. The van der Waals surface area contributed by atoms with Crippen LogP contribution in [0, 0.1) is 5.41 Å². The summed E-state index contributed by atoms with van der Waals surface area (Å²) >= 11 is 0. The molecule has 4 nitrogen and oxygen atoms in total. The Kier molecular flexibility index (Phi) is 5.82. The summed E-state index contributed by atoms with van der Waals surface area (Å²) in [7, 11) is 0. The third-order valence-corrected chi connectivity index (χ3v) is 3.05. The molecule has 1 atom stereocenters.